The van der Waals surface area contributed by atoms with Gasteiger partial charge in [-0.1, -0.05) is 6.92 Å². The van der Waals surface area contributed by atoms with Gasteiger partial charge in [0.25, 0.3) is 11.8 Å². The second-order valence-corrected chi connectivity index (χ2v) is 10.4. The average Bonchev–Trinajstić information content (AvgIpc) is 2.98. The van der Waals surface area contributed by atoms with E-state index < -0.39 is 21.8 Å². The topological polar surface area (TPSA) is 110 Å². The molecule has 1 aromatic carbocycles. The Kier molecular flexibility index (Phi) is 5.60. The number of anilines is 1. The quantitative estimate of drug-likeness (QED) is 0.773. The lowest BCUT2D eigenvalue weighted by Crippen LogP contribution is -2.22. The number of sulfonamides is 1. The minimum Gasteiger partial charge on any atom is -0.365 e. The third kappa shape index (κ3) is 3.82. The molecule has 0 saturated heterocycles. The molecule has 3 N–H and O–H groups in total. The van der Waals surface area contributed by atoms with Crippen molar-refractivity contribution in [2.45, 2.75) is 31.1 Å². The number of amides is 2. The molecule has 2 aromatic rings. The van der Waals surface area contributed by atoms with Gasteiger partial charge in [0, 0.05) is 24.5 Å². The van der Waals surface area contributed by atoms with Gasteiger partial charge in [0.2, 0.25) is 10.0 Å². The zero-order valence-electron chi connectivity index (χ0n) is 16.0. The van der Waals surface area contributed by atoms with Crippen molar-refractivity contribution >= 4 is 38.2 Å². The summed E-state index contributed by atoms with van der Waals surface area (Å²) in [5.74, 6) is -0.493. The van der Waals surface area contributed by atoms with E-state index in [0.717, 1.165) is 34.0 Å². The highest BCUT2D eigenvalue weighted by Crippen LogP contribution is 2.39. The first-order valence-electron chi connectivity index (χ1n) is 8.89. The number of primary amides is 1. The number of nitrogens with two attached hydrogens (primary N) is 1. The van der Waals surface area contributed by atoms with Crippen molar-refractivity contribution in [2.24, 2.45) is 11.7 Å². The fourth-order valence-corrected chi connectivity index (χ4v) is 5.42. The number of carbonyl (C=O) groups is 2. The molecule has 28 heavy (non-hydrogen) atoms. The average molecular weight is 422 g/mol. The summed E-state index contributed by atoms with van der Waals surface area (Å²) in [6.45, 7) is 2.13. The summed E-state index contributed by atoms with van der Waals surface area (Å²) in [7, 11) is -0.671. The molecule has 0 spiro atoms. The van der Waals surface area contributed by atoms with E-state index in [1.807, 2.05) is 0 Å². The molecular formula is C19H23N3O4S2. The van der Waals surface area contributed by atoms with Crippen LogP contribution < -0.4 is 11.1 Å². The Morgan fingerprint density at radius 3 is 2.43 bits per heavy atom. The highest BCUT2D eigenvalue weighted by atomic mass is 32.2. The van der Waals surface area contributed by atoms with Gasteiger partial charge in [-0.3, -0.25) is 9.59 Å². The standard InChI is InChI=1S/C19H23N3O4S2/c1-11-4-9-15-14(10-11)16(17(20)23)19(27-15)21-18(24)12-5-7-13(8-6-12)28(25,26)22(2)3/h5-8,11H,4,9-10H2,1-3H3,(H2,20,23)(H,21,24)/t11-/m0/s1. The maximum atomic E-state index is 12.6. The first kappa shape index (κ1) is 20.5. The van der Waals surface area contributed by atoms with Crippen molar-refractivity contribution in [3.63, 3.8) is 0 Å². The van der Waals surface area contributed by atoms with E-state index in [9.17, 15) is 18.0 Å². The van der Waals surface area contributed by atoms with Crippen LogP contribution in [0, 0.1) is 5.92 Å². The number of nitrogens with zero attached hydrogens (tertiary/aromatic N) is 1. The third-order valence-corrected chi connectivity index (χ3v) is 7.91. The van der Waals surface area contributed by atoms with E-state index in [0.29, 0.717) is 22.0 Å². The summed E-state index contributed by atoms with van der Waals surface area (Å²) < 4.78 is 25.4. The minimum atomic E-state index is -3.56. The molecule has 9 heteroatoms. The van der Waals surface area contributed by atoms with Crippen LogP contribution in [0.15, 0.2) is 29.2 Å². The van der Waals surface area contributed by atoms with Crippen LogP contribution in [-0.2, 0) is 22.9 Å². The van der Waals surface area contributed by atoms with Gasteiger partial charge in [0.1, 0.15) is 5.00 Å². The maximum absolute atomic E-state index is 12.6. The highest BCUT2D eigenvalue weighted by molar-refractivity contribution is 7.89. The number of benzene rings is 1. The number of hydrogen-bond donors (Lipinski definition) is 2. The van der Waals surface area contributed by atoms with Crippen LogP contribution in [-0.4, -0.2) is 38.6 Å². The molecule has 1 aliphatic carbocycles. The summed E-state index contributed by atoms with van der Waals surface area (Å²) in [5.41, 5.74) is 7.22. The summed E-state index contributed by atoms with van der Waals surface area (Å²) in [5, 5.41) is 3.24. The molecule has 0 unspecified atom stereocenters. The fraction of sp³-hybridized carbons (Fsp3) is 0.368. The Bertz CT molecular complexity index is 1020. The predicted octanol–water partition coefficient (Wildman–Crippen LogP) is 2.47. The lowest BCUT2D eigenvalue weighted by Gasteiger charge is -2.18. The van der Waals surface area contributed by atoms with Gasteiger partial charge in [0.05, 0.1) is 10.5 Å². The highest BCUT2D eigenvalue weighted by Gasteiger charge is 2.27. The first-order valence-corrected chi connectivity index (χ1v) is 11.1. The molecule has 0 aliphatic heterocycles. The molecule has 0 fully saturated rings. The van der Waals surface area contributed by atoms with Gasteiger partial charge < -0.3 is 11.1 Å². The number of thiophene rings is 1. The zero-order valence-corrected chi connectivity index (χ0v) is 17.6. The molecule has 1 aliphatic rings. The lowest BCUT2D eigenvalue weighted by atomic mass is 9.87. The predicted molar refractivity (Wildman–Crippen MR) is 109 cm³/mol. The Morgan fingerprint density at radius 2 is 1.86 bits per heavy atom. The van der Waals surface area contributed by atoms with Gasteiger partial charge in [0.15, 0.2) is 0 Å². The van der Waals surface area contributed by atoms with Crippen molar-refractivity contribution in [2.75, 3.05) is 19.4 Å². The summed E-state index contributed by atoms with van der Waals surface area (Å²) in [6.07, 6.45) is 2.69. The SMILES string of the molecule is C[C@H]1CCc2sc(NC(=O)c3ccc(S(=O)(=O)N(C)C)cc3)c(C(N)=O)c2C1. The smallest absolute Gasteiger partial charge is 0.256 e. The normalized spacial score (nSPS) is 16.6. The van der Waals surface area contributed by atoms with Crippen molar-refractivity contribution in [3.8, 4) is 0 Å². The minimum absolute atomic E-state index is 0.104. The van der Waals surface area contributed by atoms with Crippen LogP contribution in [0.1, 0.15) is 44.5 Å². The van der Waals surface area contributed by atoms with Crippen molar-refractivity contribution in [1.82, 2.24) is 4.31 Å². The third-order valence-electron chi connectivity index (χ3n) is 4.88. The fourth-order valence-electron chi connectivity index (χ4n) is 3.27. The first-order chi connectivity index (χ1) is 13.1. The number of carbonyl (C=O) groups excluding carboxylic acids is 2. The second kappa shape index (κ2) is 7.65. The molecular weight excluding hydrogens is 398 g/mol. The Labute approximate surface area is 168 Å². The van der Waals surface area contributed by atoms with E-state index in [2.05, 4.69) is 12.2 Å². The molecule has 2 amide bonds. The number of fused-ring (bicyclic) bond motifs is 1. The molecule has 1 aromatic heterocycles. The van der Waals surface area contributed by atoms with Gasteiger partial charge in [-0.25, -0.2) is 12.7 Å². The van der Waals surface area contributed by atoms with Crippen molar-refractivity contribution in [3.05, 3.63) is 45.8 Å². The molecule has 150 valence electrons. The second-order valence-electron chi connectivity index (χ2n) is 7.19. The number of aryl methyl sites for hydroxylation is 1. The molecule has 7 nitrogen and oxygen atoms in total. The molecule has 1 heterocycles. The molecule has 3 rings (SSSR count). The maximum Gasteiger partial charge on any atom is 0.256 e. The molecule has 1 atom stereocenters. The molecule has 0 bridgehead atoms. The lowest BCUT2D eigenvalue weighted by molar-refractivity contribution is 0.1000. The van der Waals surface area contributed by atoms with Crippen LogP contribution in [0.3, 0.4) is 0 Å². The van der Waals surface area contributed by atoms with Crippen LogP contribution in [0.2, 0.25) is 0 Å². The largest absolute Gasteiger partial charge is 0.365 e. The van der Waals surface area contributed by atoms with Gasteiger partial charge in [-0.2, -0.15) is 0 Å². The van der Waals surface area contributed by atoms with E-state index in [-0.39, 0.29) is 4.90 Å². The summed E-state index contributed by atoms with van der Waals surface area (Å²) >= 11 is 1.39. The Balaban J connectivity index is 1.87. The summed E-state index contributed by atoms with van der Waals surface area (Å²) in [4.78, 5) is 25.8. The van der Waals surface area contributed by atoms with Crippen LogP contribution in [0.4, 0.5) is 5.00 Å². The van der Waals surface area contributed by atoms with E-state index in [1.54, 1.807) is 0 Å². The Morgan fingerprint density at radius 1 is 1.21 bits per heavy atom. The van der Waals surface area contributed by atoms with Gasteiger partial charge >= 0.3 is 0 Å². The van der Waals surface area contributed by atoms with E-state index in [4.69, 9.17) is 5.73 Å². The van der Waals surface area contributed by atoms with Gasteiger partial charge in [-0.05, 0) is 55.0 Å². The molecule has 0 saturated carbocycles. The van der Waals surface area contributed by atoms with Crippen LogP contribution in [0.5, 0.6) is 0 Å². The van der Waals surface area contributed by atoms with Crippen molar-refractivity contribution in [1.29, 1.82) is 0 Å². The van der Waals surface area contributed by atoms with E-state index >= 15 is 0 Å². The number of hydrogen-bond acceptors (Lipinski definition) is 5. The zero-order chi connectivity index (χ0) is 20.6. The van der Waals surface area contributed by atoms with E-state index in [1.165, 1.54) is 49.7 Å². The van der Waals surface area contributed by atoms with Crippen molar-refractivity contribution < 1.29 is 18.0 Å². The summed E-state index contributed by atoms with van der Waals surface area (Å²) in [6, 6.07) is 5.68. The molecule has 0 radical (unpaired) electrons. The Hall–Kier alpha value is -2.23. The number of rotatable bonds is 5. The van der Waals surface area contributed by atoms with Crippen LogP contribution in [0.25, 0.3) is 0 Å². The monoisotopic (exact) mass is 421 g/mol. The van der Waals surface area contributed by atoms with Gasteiger partial charge in [-0.15, -0.1) is 11.3 Å². The van der Waals surface area contributed by atoms with Crippen LogP contribution >= 0.6 is 11.3 Å². The number of nitrogens with one attached hydrogen (secondary N) is 1.